The number of rotatable bonds is 5. The Morgan fingerprint density at radius 2 is 1.81 bits per heavy atom. The van der Waals surface area contributed by atoms with E-state index in [0.29, 0.717) is 6.54 Å². The number of sulfone groups is 1. The Hall–Kier alpha value is -1.82. The molecule has 2 rings (SSSR count). The van der Waals surface area contributed by atoms with Crippen molar-refractivity contribution in [2.75, 3.05) is 31.9 Å². The summed E-state index contributed by atoms with van der Waals surface area (Å²) < 4.78 is 23.8. The highest BCUT2D eigenvalue weighted by Crippen LogP contribution is 2.20. The minimum atomic E-state index is -3.14. The van der Waals surface area contributed by atoms with Crippen molar-refractivity contribution in [1.29, 1.82) is 0 Å². The predicted molar refractivity (Wildman–Crippen MR) is 115 cm³/mol. The van der Waals surface area contributed by atoms with Crippen molar-refractivity contribution in [2.24, 2.45) is 4.99 Å². The van der Waals surface area contributed by atoms with Crippen molar-refractivity contribution in [2.45, 2.75) is 45.3 Å². The van der Waals surface area contributed by atoms with Gasteiger partial charge in [0.25, 0.3) is 0 Å². The van der Waals surface area contributed by atoms with E-state index < -0.39 is 14.6 Å². The third-order valence-electron chi connectivity index (χ3n) is 4.77. The SMILES string of the molecule is CCNC(=NCCS(=O)(=O)C(C)(C)C)N1CCC(=Cc2ccccc2)CC1. The lowest BCUT2D eigenvalue weighted by Crippen LogP contribution is -2.44. The molecule has 1 saturated heterocycles. The van der Waals surface area contributed by atoms with Crippen molar-refractivity contribution in [1.82, 2.24) is 10.2 Å². The first-order valence-corrected chi connectivity index (χ1v) is 11.4. The predicted octanol–water partition coefficient (Wildman–Crippen LogP) is 3.34. The summed E-state index contributed by atoms with van der Waals surface area (Å²) in [5.74, 6) is 0.902. The molecule has 27 heavy (non-hydrogen) atoms. The minimum Gasteiger partial charge on any atom is -0.357 e. The summed E-state index contributed by atoms with van der Waals surface area (Å²) in [6, 6.07) is 10.4. The van der Waals surface area contributed by atoms with Gasteiger partial charge < -0.3 is 10.2 Å². The number of guanidine groups is 1. The lowest BCUT2D eigenvalue weighted by molar-refractivity contribution is 0.376. The lowest BCUT2D eigenvalue weighted by atomic mass is 10.0. The molecule has 1 heterocycles. The van der Waals surface area contributed by atoms with Crippen molar-refractivity contribution in [3.8, 4) is 0 Å². The topological polar surface area (TPSA) is 61.8 Å². The van der Waals surface area contributed by atoms with E-state index in [0.717, 1.165) is 38.4 Å². The first-order chi connectivity index (χ1) is 12.7. The van der Waals surface area contributed by atoms with E-state index >= 15 is 0 Å². The van der Waals surface area contributed by atoms with Crippen molar-refractivity contribution >= 4 is 21.9 Å². The maximum Gasteiger partial charge on any atom is 0.193 e. The van der Waals surface area contributed by atoms with Gasteiger partial charge >= 0.3 is 0 Å². The molecule has 0 atom stereocenters. The molecule has 150 valence electrons. The number of benzene rings is 1. The summed E-state index contributed by atoms with van der Waals surface area (Å²) >= 11 is 0. The molecule has 0 aliphatic carbocycles. The smallest absolute Gasteiger partial charge is 0.193 e. The second-order valence-electron chi connectivity index (χ2n) is 7.87. The normalized spacial score (nSPS) is 16.4. The van der Waals surface area contributed by atoms with Crippen LogP contribution in [0.2, 0.25) is 0 Å². The first kappa shape index (κ1) is 21.5. The first-order valence-electron chi connectivity index (χ1n) is 9.73. The molecule has 0 radical (unpaired) electrons. The van der Waals surface area contributed by atoms with Gasteiger partial charge in [-0.2, -0.15) is 0 Å². The molecule has 1 N–H and O–H groups in total. The maximum absolute atomic E-state index is 12.3. The highest BCUT2D eigenvalue weighted by atomic mass is 32.2. The van der Waals surface area contributed by atoms with Crippen LogP contribution in [-0.2, 0) is 9.84 Å². The van der Waals surface area contributed by atoms with E-state index in [1.54, 1.807) is 20.8 Å². The second kappa shape index (κ2) is 9.40. The van der Waals surface area contributed by atoms with Crippen LogP contribution < -0.4 is 5.32 Å². The Morgan fingerprint density at radius 3 is 2.37 bits per heavy atom. The van der Waals surface area contributed by atoms with Crippen LogP contribution in [0.5, 0.6) is 0 Å². The van der Waals surface area contributed by atoms with E-state index in [2.05, 4.69) is 45.6 Å². The molecular weight excluding hydrogens is 358 g/mol. The quantitative estimate of drug-likeness (QED) is 0.618. The number of likely N-dealkylation sites (tertiary alicyclic amines) is 1. The van der Waals surface area contributed by atoms with Crippen molar-refractivity contribution in [3.05, 3.63) is 41.5 Å². The molecular formula is C21H33N3O2S. The van der Waals surface area contributed by atoms with E-state index in [9.17, 15) is 8.42 Å². The molecule has 5 nitrogen and oxygen atoms in total. The molecule has 1 aromatic carbocycles. The summed E-state index contributed by atoms with van der Waals surface area (Å²) in [5.41, 5.74) is 2.69. The van der Waals surface area contributed by atoms with E-state index in [4.69, 9.17) is 0 Å². The number of aliphatic imine (C=N–C) groups is 1. The number of hydrogen-bond acceptors (Lipinski definition) is 3. The zero-order valence-corrected chi connectivity index (χ0v) is 17.8. The molecule has 0 aromatic heterocycles. The van der Waals surface area contributed by atoms with Gasteiger partial charge in [-0.25, -0.2) is 8.42 Å². The summed E-state index contributed by atoms with van der Waals surface area (Å²) in [6.07, 6.45) is 4.27. The zero-order chi connectivity index (χ0) is 19.9. The highest BCUT2D eigenvalue weighted by molar-refractivity contribution is 7.92. The molecule has 0 unspecified atom stereocenters. The fourth-order valence-corrected chi connectivity index (χ4v) is 3.88. The molecule has 1 aromatic rings. The monoisotopic (exact) mass is 391 g/mol. The molecule has 1 aliphatic heterocycles. The zero-order valence-electron chi connectivity index (χ0n) is 17.0. The molecule has 0 saturated carbocycles. The molecule has 1 aliphatic rings. The number of nitrogens with zero attached hydrogens (tertiary/aromatic N) is 2. The summed E-state index contributed by atoms with van der Waals surface area (Å²) in [7, 11) is -3.14. The summed E-state index contributed by atoms with van der Waals surface area (Å²) in [5, 5.41) is 3.30. The van der Waals surface area contributed by atoms with Crippen LogP contribution in [0, 0.1) is 0 Å². The second-order valence-corrected chi connectivity index (χ2v) is 10.7. The van der Waals surface area contributed by atoms with Crippen LogP contribution in [-0.4, -0.2) is 56.0 Å². The fourth-order valence-electron chi connectivity index (χ4n) is 2.94. The average Bonchev–Trinajstić information content (AvgIpc) is 2.61. The highest BCUT2D eigenvalue weighted by Gasteiger charge is 2.28. The number of nitrogens with one attached hydrogen (secondary N) is 1. The van der Waals surface area contributed by atoms with Gasteiger partial charge in [-0.1, -0.05) is 42.0 Å². The van der Waals surface area contributed by atoms with Crippen LogP contribution in [0.15, 0.2) is 40.9 Å². The standard InChI is InChI=1S/C21H33N3O2S/c1-5-22-20(23-13-16-27(25,26)21(2,3)4)24-14-11-19(12-15-24)17-18-9-7-6-8-10-18/h6-10,17H,5,11-16H2,1-4H3,(H,22,23). The summed E-state index contributed by atoms with van der Waals surface area (Å²) in [4.78, 5) is 6.81. The summed E-state index contributed by atoms with van der Waals surface area (Å²) in [6.45, 7) is 10.1. The number of piperidine rings is 1. The third kappa shape index (κ3) is 6.38. The Morgan fingerprint density at radius 1 is 1.19 bits per heavy atom. The van der Waals surface area contributed by atoms with E-state index in [1.807, 2.05) is 13.0 Å². The van der Waals surface area contributed by atoms with Gasteiger partial charge in [0.05, 0.1) is 17.0 Å². The van der Waals surface area contributed by atoms with Crippen LogP contribution in [0.4, 0.5) is 0 Å². The van der Waals surface area contributed by atoms with E-state index in [-0.39, 0.29) is 5.75 Å². The maximum atomic E-state index is 12.3. The van der Waals surface area contributed by atoms with Gasteiger partial charge in [-0.15, -0.1) is 0 Å². The van der Waals surface area contributed by atoms with E-state index in [1.165, 1.54) is 11.1 Å². The molecule has 6 heteroatoms. The fraction of sp³-hybridized carbons (Fsp3) is 0.571. The Bertz CT molecular complexity index is 752. The minimum absolute atomic E-state index is 0.0817. The lowest BCUT2D eigenvalue weighted by Gasteiger charge is -2.31. The average molecular weight is 392 g/mol. The molecule has 0 amide bonds. The van der Waals surface area contributed by atoms with Gasteiger partial charge in [0.2, 0.25) is 0 Å². The van der Waals surface area contributed by atoms with Gasteiger partial charge in [0, 0.05) is 19.6 Å². The Labute approximate surface area is 164 Å². The Kier molecular flexibility index (Phi) is 7.48. The van der Waals surface area contributed by atoms with Gasteiger partial charge in [0.1, 0.15) is 0 Å². The van der Waals surface area contributed by atoms with Crippen LogP contribution in [0.3, 0.4) is 0 Å². The molecule has 0 spiro atoms. The largest absolute Gasteiger partial charge is 0.357 e. The van der Waals surface area contributed by atoms with Gasteiger partial charge in [-0.3, -0.25) is 4.99 Å². The van der Waals surface area contributed by atoms with Crippen LogP contribution in [0.1, 0.15) is 46.1 Å². The van der Waals surface area contributed by atoms with Crippen molar-refractivity contribution < 1.29 is 8.42 Å². The van der Waals surface area contributed by atoms with Gasteiger partial charge in [-0.05, 0) is 46.1 Å². The van der Waals surface area contributed by atoms with Crippen molar-refractivity contribution in [3.63, 3.8) is 0 Å². The number of hydrogen-bond donors (Lipinski definition) is 1. The molecule has 0 bridgehead atoms. The Balaban J connectivity index is 1.97. The van der Waals surface area contributed by atoms with Crippen LogP contribution in [0.25, 0.3) is 6.08 Å². The third-order valence-corrected chi connectivity index (χ3v) is 7.35. The molecule has 1 fully saturated rings. The van der Waals surface area contributed by atoms with Gasteiger partial charge in [0.15, 0.2) is 15.8 Å². The van der Waals surface area contributed by atoms with Crippen LogP contribution >= 0.6 is 0 Å².